The normalized spacial score (nSPS) is 24.5. The van der Waals surface area contributed by atoms with Crippen LogP contribution >= 0.6 is 11.3 Å². The summed E-state index contributed by atoms with van der Waals surface area (Å²) in [5.74, 6) is 0.279. The molecule has 0 saturated carbocycles. The van der Waals surface area contributed by atoms with Crippen LogP contribution in [0, 0.1) is 5.41 Å². The Bertz CT molecular complexity index is 562. The lowest BCUT2D eigenvalue weighted by atomic mass is 9.77. The van der Waals surface area contributed by atoms with Crippen LogP contribution in [0.4, 0.5) is 0 Å². The van der Waals surface area contributed by atoms with Crippen molar-refractivity contribution < 1.29 is 9.59 Å². The monoisotopic (exact) mass is 335 g/mol. The van der Waals surface area contributed by atoms with Crippen LogP contribution < -0.4 is 5.32 Å². The van der Waals surface area contributed by atoms with Gasteiger partial charge < -0.3 is 15.1 Å². The topological polar surface area (TPSA) is 52.7 Å². The Morgan fingerprint density at radius 1 is 1.22 bits per heavy atom. The molecule has 0 spiro atoms. The van der Waals surface area contributed by atoms with E-state index in [-0.39, 0.29) is 23.3 Å². The molecule has 6 heteroatoms. The molecular formula is C17H25N3O2S. The summed E-state index contributed by atoms with van der Waals surface area (Å²) in [6.07, 6.45) is 2.20. The maximum Gasteiger partial charge on any atom is 0.264 e. The Morgan fingerprint density at radius 2 is 1.91 bits per heavy atom. The molecule has 2 fully saturated rings. The number of carbonyl (C=O) groups excluding carboxylic acids is 2. The largest absolute Gasteiger partial charge is 0.338 e. The minimum atomic E-state index is -0.101. The number of thiophene rings is 1. The van der Waals surface area contributed by atoms with Gasteiger partial charge in [0.15, 0.2) is 0 Å². The first-order chi connectivity index (χ1) is 11.0. The maximum atomic E-state index is 12.8. The van der Waals surface area contributed by atoms with E-state index in [2.05, 4.69) is 19.2 Å². The molecule has 0 aromatic carbocycles. The molecule has 0 bridgehead atoms. The lowest BCUT2D eigenvalue weighted by molar-refractivity contribution is -0.138. The number of hydrogen-bond donors (Lipinski definition) is 1. The van der Waals surface area contributed by atoms with E-state index in [0.717, 1.165) is 24.3 Å². The Kier molecular flexibility index (Phi) is 4.73. The van der Waals surface area contributed by atoms with Crippen molar-refractivity contribution in [2.75, 3.05) is 32.7 Å². The van der Waals surface area contributed by atoms with E-state index in [0.29, 0.717) is 26.2 Å². The van der Waals surface area contributed by atoms with Crippen LogP contribution in [0.3, 0.4) is 0 Å². The highest BCUT2D eigenvalue weighted by atomic mass is 32.1. The van der Waals surface area contributed by atoms with Gasteiger partial charge in [-0.15, -0.1) is 11.3 Å². The zero-order valence-electron chi connectivity index (χ0n) is 13.9. The molecular weight excluding hydrogens is 310 g/mol. The van der Waals surface area contributed by atoms with Gasteiger partial charge in [0.05, 0.1) is 10.9 Å². The van der Waals surface area contributed by atoms with E-state index in [1.165, 1.54) is 11.3 Å². The maximum absolute atomic E-state index is 12.8. The smallest absolute Gasteiger partial charge is 0.264 e. The standard InChI is InChI=1S/C17H25N3O2S/c1-17(2)6-4-7-18-14(17)16(22)20-10-8-19(9-11-20)15(21)13-5-3-12-23-13/h3,5,12,14,18H,4,6-11H2,1-2H3. The highest BCUT2D eigenvalue weighted by Crippen LogP contribution is 2.31. The van der Waals surface area contributed by atoms with E-state index in [1.807, 2.05) is 27.3 Å². The number of piperazine rings is 1. The number of rotatable bonds is 2. The minimum Gasteiger partial charge on any atom is -0.338 e. The summed E-state index contributed by atoms with van der Waals surface area (Å²) in [6, 6.07) is 3.66. The third-order valence-corrected chi connectivity index (χ3v) is 5.84. The van der Waals surface area contributed by atoms with E-state index in [4.69, 9.17) is 0 Å². The number of carbonyl (C=O) groups is 2. The van der Waals surface area contributed by atoms with Crippen molar-refractivity contribution in [3.8, 4) is 0 Å². The second kappa shape index (κ2) is 6.61. The molecule has 1 atom stereocenters. The lowest BCUT2D eigenvalue weighted by Crippen LogP contribution is -2.60. The van der Waals surface area contributed by atoms with E-state index in [9.17, 15) is 9.59 Å². The molecule has 3 rings (SSSR count). The van der Waals surface area contributed by atoms with Gasteiger partial charge in [-0.2, -0.15) is 0 Å². The highest BCUT2D eigenvalue weighted by molar-refractivity contribution is 7.12. The third kappa shape index (κ3) is 3.43. The van der Waals surface area contributed by atoms with Crippen LogP contribution in [-0.2, 0) is 4.79 Å². The zero-order chi connectivity index (χ0) is 16.4. The van der Waals surface area contributed by atoms with E-state index in [1.54, 1.807) is 0 Å². The molecule has 1 unspecified atom stereocenters. The zero-order valence-corrected chi connectivity index (χ0v) is 14.7. The van der Waals surface area contributed by atoms with Crippen molar-refractivity contribution in [2.45, 2.75) is 32.7 Å². The summed E-state index contributed by atoms with van der Waals surface area (Å²) >= 11 is 1.47. The molecule has 5 nitrogen and oxygen atoms in total. The number of nitrogens with zero attached hydrogens (tertiary/aromatic N) is 2. The van der Waals surface area contributed by atoms with E-state index < -0.39 is 0 Å². The van der Waals surface area contributed by atoms with Crippen LogP contribution in [0.1, 0.15) is 36.4 Å². The van der Waals surface area contributed by atoms with Crippen molar-refractivity contribution in [1.29, 1.82) is 0 Å². The molecule has 2 aliphatic heterocycles. The highest BCUT2D eigenvalue weighted by Gasteiger charge is 2.40. The molecule has 2 aliphatic rings. The molecule has 2 amide bonds. The van der Waals surface area contributed by atoms with E-state index >= 15 is 0 Å². The van der Waals surface area contributed by atoms with Crippen molar-refractivity contribution in [1.82, 2.24) is 15.1 Å². The van der Waals surface area contributed by atoms with Gasteiger partial charge >= 0.3 is 0 Å². The van der Waals surface area contributed by atoms with Gasteiger partial charge in [-0.25, -0.2) is 0 Å². The Morgan fingerprint density at radius 3 is 2.52 bits per heavy atom. The summed E-state index contributed by atoms with van der Waals surface area (Å²) in [5.41, 5.74) is -0.000738. The van der Waals surface area contributed by atoms with Crippen LogP contribution in [0.25, 0.3) is 0 Å². The molecule has 23 heavy (non-hydrogen) atoms. The van der Waals surface area contributed by atoms with Gasteiger partial charge in [-0.05, 0) is 36.2 Å². The average molecular weight is 335 g/mol. The summed E-state index contributed by atoms with van der Waals surface area (Å²) < 4.78 is 0. The van der Waals surface area contributed by atoms with Crippen molar-refractivity contribution >= 4 is 23.2 Å². The number of piperidine rings is 1. The first kappa shape index (κ1) is 16.5. The van der Waals surface area contributed by atoms with Crippen LogP contribution in [0.5, 0.6) is 0 Å². The second-order valence-corrected chi connectivity index (χ2v) is 8.02. The molecule has 1 aromatic heterocycles. The Balaban J connectivity index is 1.58. The van der Waals surface area contributed by atoms with Crippen LogP contribution in [-0.4, -0.2) is 60.4 Å². The SMILES string of the molecule is CC1(C)CCCNC1C(=O)N1CCN(C(=O)c2cccs2)CC1. The summed E-state index contributed by atoms with van der Waals surface area (Å²) in [7, 11) is 0. The van der Waals surface area contributed by atoms with Crippen molar-refractivity contribution in [2.24, 2.45) is 5.41 Å². The fraction of sp³-hybridized carbons (Fsp3) is 0.647. The summed E-state index contributed by atoms with van der Waals surface area (Å²) in [6.45, 7) is 7.74. The van der Waals surface area contributed by atoms with Crippen LogP contribution in [0.2, 0.25) is 0 Å². The van der Waals surface area contributed by atoms with Gasteiger partial charge in [0.2, 0.25) is 5.91 Å². The molecule has 1 N–H and O–H groups in total. The molecule has 1 aromatic rings. The van der Waals surface area contributed by atoms with Gasteiger partial charge in [0.25, 0.3) is 5.91 Å². The Hall–Kier alpha value is -1.40. The quantitative estimate of drug-likeness (QED) is 0.897. The molecule has 3 heterocycles. The molecule has 0 radical (unpaired) electrons. The first-order valence-corrected chi connectivity index (χ1v) is 9.22. The number of hydrogen-bond acceptors (Lipinski definition) is 4. The Labute approximate surface area is 141 Å². The predicted molar refractivity (Wildman–Crippen MR) is 91.6 cm³/mol. The van der Waals surface area contributed by atoms with Gasteiger partial charge in [0.1, 0.15) is 0 Å². The lowest BCUT2D eigenvalue weighted by Gasteiger charge is -2.43. The van der Waals surface area contributed by atoms with Crippen LogP contribution in [0.15, 0.2) is 17.5 Å². The fourth-order valence-corrected chi connectivity index (χ4v) is 4.19. The molecule has 2 saturated heterocycles. The summed E-state index contributed by atoms with van der Waals surface area (Å²) in [4.78, 5) is 29.8. The minimum absolute atomic E-state index is 0.000738. The van der Waals surface area contributed by atoms with Gasteiger partial charge in [-0.3, -0.25) is 9.59 Å². The molecule has 126 valence electrons. The first-order valence-electron chi connectivity index (χ1n) is 8.34. The third-order valence-electron chi connectivity index (χ3n) is 4.99. The number of nitrogens with one attached hydrogen (secondary N) is 1. The summed E-state index contributed by atoms with van der Waals surface area (Å²) in [5, 5.41) is 5.31. The van der Waals surface area contributed by atoms with Gasteiger partial charge in [0, 0.05) is 26.2 Å². The predicted octanol–water partition coefficient (Wildman–Crippen LogP) is 1.81. The van der Waals surface area contributed by atoms with Crippen molar-refractivity contribution in [3.63, 3.8) is 0 Å². The molecule has 0 aliphatic carbocycles. The fourth-order valence-electron chi connectivity index (χ4n) is 3.50. The average Bonchev–Trinajstić information content (AvgIpc) is 3.08. The van der Waals surface area contributed by atoms with Gasteiger partial charge in [-0.1, -0.05) is 19.9 Å². The van der Waals surface area contributed by atoms with Crippen molar-refractivity contribution in [3.05, 3.63) is 22.4 Å². The number of amides is 2. The second-order valence-electron chi connectivity index (χ2n) is 7.07.